The molecule has 4 aromatic carbocycles. The van der Waals surface area contributed by atoms with Gasteiger partial charge in [-0.05, 0) is 35.9 Å². The molecule has 0 bridgehead atoms. The van der Waals surface area contributed by atoms with Crippen molar-refractivity contribution in [3.63, 3.8) is 0 Å². The quantitative estimate of drug-likeness (QED) is 0.288. The molecule has 0 N–H and O–H groups in total. The summed E-state index contributed by atoms with van der Waals surface area (Å²) in [5.41, 5.74) is 4.04. The number of amides is 2. The van der Waals surface area contributed by atoms with Crippen molar-refractivity contribution < 1.29 is 14.4 Å². The molecule has 3 heterocycles. The monoisotopic (exact) mass is 484 g/mol. The van der Waals surface area contributed by atoms with E-state index in [4.69, 9.17) is 0 Å². The number of benzene rings is 4. The second-order valence-electron chi connectivity index (χ2n) is 10.1. The van der Waals surface area contributed by atoms with E-state index >= 15 is 0 Å². The van der Waals surface area contributed by atoms with Gasteiger partial charge in [-0.1, -0.05) is 90.5 Å². The van der Waals surface area contributed by atoms with Crippen LogP contribution in [0.5, 0.6) is 0 Å². The van der Waals surface area contributed by atoms with E-state index in [0.29, 0.717) is 11.3 Å². The van der Waals surface area contributed by atoms with Gasteiger partial charge in [0.25, 0.3) is 0 Å². The van der Waals surface area contributed by atoms with E-state index in [0.717, 1.165) is 27.6 Å². The summed E-state index contributed by atoms with van der Waals surface area (Å²) in [6.07, 6.45) is 4.06. The molecule has 0 unspecified atom stereocenters. The number of nitrogens with zero attached hydrogens (tertiary/aromatic N) is 2. The van der Waals surface area contributed by atoms with Crippen LogP contribution in [0, 0.1) is 18.8 Å². The highest BCUT2D eigenvalue weighted by atomic mass is 16.2. The van der Waals surface area contributed by atoms with E-state index in [1.54, 1.807) is 24.3 Å². The lowest BCUT2D eigenvalue weighted by Gasteiger charge is -2.37. The molecule has 2 amide bonds. The van der Waals surface area contributed by atoms with Crippen LogP contribution in [0.1, 0.15) is 21.5 Å². The highest BCUT2D eigenvalue weighted by Crippen LogP contribution is 2.50. The average molecular weight is 485 g/mol. The van der Waals surface area contributed by atoms with E-state index in [1.807, 2.05) is 72.5 Å². The molecule has 0 saturated carbocycles. The molecule has 4 aromatic rings. The Morgan fingerprint density at radius 3 is 2.24 bits per heavy atom. The fourth-order valence-corrected chi connectivity index (χ4v) is 6.35. The van der Waals surface area contributed by atoms with Crippen LogP contribution in [0.15, 0.2) is 97.1 Å². The molecule has 3 aliphatic heterocycles. The van der Waals surface area contributed by atoms with Gasteiger partial charge in [-0.15, -0.1) is 0 Å². The summed E-state index contributed by atoms with van der Waals surface area (Å²) in [7, 11) is 0. The predicted octanol–water partition coefficient (Wildman–Crippen LogP) is 5.42. The van der Waals surface area contributed by atoms with Gasteiger partial charge in [-0.25, -0.2) is 4.90 Å². The van der Waals surface area contributed by atoms with Crippen molar-refractivity contribution in [3.8, 4) is 0 Å². The maximum absolute atomic E-state index is 14.1. The van der Waals surface area contributed by atoms with Crippen molar-refractivity contribution in [2.24, 2.45) is 11.8 Å². The molecule has 0 aromatic heterocycles. The molecule has 0 spiro atoms. The molecule has 5 heteroatoms. The van der Waals surface area contributed by atoms with Gasteiger partial charge in [0, 0.05) is 16.8 Å². The summed E-state index contributed by atoms with van der Waals surface area (Å²) < 4.78 is 0. The van der Waals surface area contributed by atoms with Gasteiger partial charge in [0.05, 0.1) is 23.6 Å². The molecule has 37 heavy (non-hydrogen) atoms. The minimum atomic E-state index is -0.783. The first-order valence-electron chi connectivity index (χ1n) is 12.6. The summed E-state index contributed by atoms with van der Waals surface area (Å²) in [5, 5.41) is 2.18. The Kier molecular flexibility index (Phi) is 4.70. The van der Waals surface area contributed by atoms with Gasteiger partial charge in [0.1, 0.15) is 6.04 Å². The zero-order chi connectivity index (χ0) is 25.3. The number of carbonyl (C=O) groups excluding carboxylic acids is 3. The second-order valence-corrected chi connectivity index (χ2v) is 10.1. The minimum Gasteiger partial charge on any atom is -0.352 e. The lowest BCUT2D eigenvalue weighted by atomic mass is 9.86. The molecule has 5 nitrogen and oxygen atoms in total. The molecular weight excluding hydrogens is 460 g/mol. The van der Waals surface area contributed by atoms with E-state index < -0.39 is 17.9 Å². The number of ketones is 1. The summed E-state index contributed by atoms with van der Waals surface area (Å²) in [5.74, 6) is -2.10. The van der Waals surface area contributed by atoms with Gasteiger partial charge in [-0.3, -0.25) is 14.4 Å². The Hall–Kier alpha value is -4.51. The van der Waals surface area contributed by atoms with Crippen molar-refractivity contribution in [1.82, 2.24) is 0 Å². The van der Waals surface area contributed by atoms with Gasteiger partial charge in [-0.2, -0.15) is 0 Å². The highest BCUT2D eigenvalue weighted by Gasteiger charge is 2.64. The third-order valence-corrected chi connectivity index (χ3v) is 8.03. The Morgan fingerprint density at radius 2 is 1.46 bits per heavy atom. The van der Waals surface area contributed by atoms with Crippen molar-refractivity contribution in [2.45, 2.75) is 19.0 Å². The van der Waals surface area contributed by atoms with Gasteiger partial charge in [0.2, 0.25) is 11.8 Å². The lowest BCUT2D eigenvalue weighted by Crippen LogP contribution is -2.48. The first-order chi connectivity index (χ1) is 18.0. The number of Topliss-reactive ketones (excluding diaryl/α,β-unsaturated/α-hetero) is 1. The summed E-state index contributed by atoms with van der Waals surface area (Å²) in [6, 6.07) is 27.5. The number of imide groups is 1. The van der Waals surface area contributed by atoms with E-state index in [-0.39, 0.29) is 23.6 Å². The van der Waals surface area contributed by atoms with Gasteiger partial charge >= 0.3 is 0 Å². The van der Waals surface area contributed by atoms with E-state index in [9.17, 15) is 14.4 Å². The van der Waals surface area contributed by atoms with Crippen LogP contribution in [-0.2, 0) is 9.59 Å². The zero-order valence-electron chi connectivity index (χ0n) is 20.2. The molecular formula is C32H24N2O3. The zero-order valence-corrected chi connectivity index (χ0v) is 20.2. The first-order valence-corrected chi connectivity index (χ1v) is 12.6. The molecule has 0 radical (unpaired) electrons. The van der Waals surface area contributed by atoms with Crippen LogP contribution >= 0.6 is 0 Å². The minimum absolute atomic E-state index is 0.139. The van der Waals surface area contributed by atoms with Crippen LogP contribution in [0.3, 0.4) is 0 Å². The number of aryl methyl sites for hydroxylation is 1. The van der Waals surface area contributed by atoms with Crippen LogP contribution in [0.4, 0.5) is 11.4 Å². The molecule has 0 aliphatic carbocycles. The summed E-state index contributed by atoms with van der Waals surface area (Å²) in [6.45, 7) is 1.96. The van der Waals surface area contributed by atoms with E-state index in [1.165, 1.54) is 4.90 Å². The smallest absolute Gasteiger partial charge is 0.240 e. The lowest BCUT2D eigenvalue weighted by molar-refractivity contribution is -0.122. The molecule has 180 valence electrons. The standard InChI is InChI=1S/C32H24N2O3/c1-19-11-14-22(15-12-19)33-31(36)27-26-18-16-24-23-10-6-5-7-20(23)13-17-25(24)34(26)29(28(27)32(33)37)30(35)21-8-3-2-4-9-21/h2-18,26-29H,1H3/t26-,27-,28+,29-/m0/s1. The molecule has 2 fully saturated rings. The third-order valence-electron chi connectivity index (χ3n) is 8.03. The Labute approximate surface area is 214 Å². The Balaban J connectivity index is 1.40. The predicted molar refractivity (Wildman–Crippen MR) is 144 cm³/mol. The average Bonchev–Trinajstić information content (AvgIpc) is 3.41. The Bertz CT molecular complexity index is 1620. The highest BCUT2D eigenvalue weighted by molar-refractivity contribution is 6.25. The fraction of sp³-hybridized carbons (Fsp3) is 0.156. The van der Waals surface area contributed by atoms with Crippen LogP contribution in [0.25, 0.3) is 16.8 Å². The van der Waals surface area contributed by atoms with Gasteiger partial charge in [0.15, 0.2) is 5.78 Å². The second kappa shape index (κ2) is 8.00. The van der Waals surface area contributed by atoms with Crippen molar-refractivity contribution in [1.29, 1.82) is 0 Å². The number of carbonyl (C=O) groups is 3. The maximum atomic E-state index is 14.1. The van der Waals surface area contributed by atoms with Crippen molar-refractivity contribution in [3.05, 3.63) is 114 Å². The number of fused-ring (bicyclic) bond motifs is 7. The summed E-state index contributed by atoms with van der Waals surface area (Å²) in [4.78, 5) is 45.3. The summed E-state index contributed by atoms with van der Waals surface area (Å²) >= 11 is 0. The van der Waals surface area contributed by atoms with Crippen LogP contribution < -0.4 is 9.80 Å². The first kappa shape index (κ1) is 21.7. The fourth-order valence-electron chi connectivity index (χ4n) is 6.35. The normalized spacial score (nSPS) is 23.8. The number of hydrogen-bond acceptors (Lipinski definition) is 4. The number of hydrogen-bond donors (Lipinski definition) is 0. The molecule has 7 rings (SSSR count). The molecule has 4 atom stereocenters. The Morgan fingerprint density at radius 1 is 0.757 bits per heavy atom. The van der Waals surface area contributed by atoms with Crippen LogP contribution in [0.2, 0.25) is 0 Å². The topological polar surface area (TPSA) is 57.7 Å². The largest absolute Gasteiger partial charge is 0.352 e. The maximum Gasteiger partial charge on any atom is 0.240 e. The molecule has 2 saturated heterocycles. The van der Waals surface area contributed by atoms with Crippen LogP contribution in [-0.4, -0.2) is 29.7 Å². The number of anilines is 2. The van der Waals surface area contributed by atoms with Gasteiger partial charge < -0.3 is 4.90 Å². The number of rotatable bonds is 3. The molecule has 3 aliphatic rings. The van der Waals surface area contributed by atoms with Crippen molar-refractivity contribution in [2.75, 3.05) is 9.80 Å². The van der Waals surface area contributed by atoms with Crippen molar-refractivity contribution >= 4 is 45.8 Å². The SMILES string of the molecule is Cc1ccc(N2C(=O)[C@@H]3[C@@H](C2=O)[C@@H]2C=Cc4c(ccc5ccccc45)N2[C@@H]3C(=O)c2ccccc2)cc1. The van der Waals surface area contributed by atoms with E-state index in [2.05, 4.69) is 18.2 Å². The third kappa shape index (κ3) is 3.07.